The summed E-state index contributed by atoms with van der Waals surface area (Å²) in [5.74, 6) is 0.360. The standard InChI is InChI=1S/C12H14F3N3O/c1-3-18-10-5-4-8(19-12(13,14)15)6-9(10)17-11(18)7(2)16/h4-7H,3,16H2,1-2H3/t7-/m1/s1. The average Bonchev–Trinajstić information content (AvgIpc) is 2.64. The summed E-state index contributed by atoms with van der Waals surface area (Å²) in [6.45, 7) is 4.35. The molecule has 7 heteroatoms. The Bertz CT molecular complexity index is 590. The highest BCUT2D eigenvalue weighted by Crippen LogP contribution is 2.27. The van der Waals surface area contributed by atoms with Crippen LogP contribution in [-0.4, -0.2) is 15.9 Å². The second kappa shape index (κ2) is 4.73. The topological polar surface area (TPSA) is 53.1 Å². The summed E-state index contributed by atoms with van der Waals surface area (Å²) in [6.07, 6.45) is -4.70. The number of fused-ring (bicyclic) bond motifs is 1. The van der Waals surface area contributed by atoms with Crippen molar-refractivity contribution in [3.8, 4) is 5.75 Å². The lowest BCUT2D eigenvalue weighted by molar-refractivity contribution is -0.274. The van der Waals surface area contributed by atoms with Gasteiger partial charge >= 0.3 is 6.36 Å². The van der Waals surface area contributed by atoms with E-state index in [2.05, 4.69) is 9.72 Å². The molecule has 0 saturated heterocycles. The average molecular weight is 273 g/mol. The van der Waals surface area contributed by atoms with E-state index in [-0.39, 0.29) is 11.8 Å². The van der Waals surface area contributed by atoms with Gasteiger partial charge in [-0.1, -0.05) is 0 Å². The molecule has 0 aliphatic rings. The minimum Gasteiger partial charge on any atom is -0.406 e. The van der Waals surface area contributed by atoms with Crippen LogP contribution in [-0.2, 0) is 6.54 Å². The number of nitrogens with two attached hydrogens (primary N) is 1. The Morgan fingerprint density at radius 3 is 2.63 bits per heavy atom. The predicted molar refractivity (Wildman–Crippen MR) is 64.7 cm³/mol. The molecule has 0 spiro atoms. The van der Waals surface area contributed by atoms with Gasteiger partial charge in [-0.05, 0) is 26.0 Å². The summed E-state index contributed by atoms with van der Waals surface area (Å²) in [6, 6.07) is 3.80. The molecule has 0 fully saturated rings. The quantitative estimate of drug-likeness (QED) is 0.935. The van der Waals surface area contributed by atoms with Gasteiger partial charge in [0.25, 0.3) is 0 Å². The number of aromatic nitrogens is 2. The van der Waals surface area contributed by atoms with Crippen molar-refractivity contribution >= 4 is 11.0 Å². The van der Waals surface area contributed by atoms with E-state index < -0.39 is 6.36 Å². The fourth-order valence-corrected chi connectivity index (χ4v) is 2.01. The van der Waals surface area contributed by atoms with Gasteiger partial charge in [0.1, 0.15) is 11.6 Å². The van der Waals surface area contributed by atoms with Gasteiger partial charge in [0.05, 0.1) is 17.1 Å². The highest BCUT2D eigenvalue weighted by atomic mass is 19.4. The molecule has 4 nitrogen and oxygen atoms in total. The van der Waals surface area contributed by atoms with Crippen LogP contribution in [0.1, 0.15) is 25.7 Å². The number of alkyl halides is 3. The van der Waals surface area contributed by atoms with E-state index in [9.17, 15) is 13.2 Å². The highest BCUT2D eigenvalue weighted by molar-refractivity contribution is 5.78. The molecule has 1 heterocycles. The van der Waals surface area contributed by atoms with E-state index in [1.165, 1.54) is 12.1 Å². The molecule has 2 rings (SSSR count). The molecular weight excluding hydrogens is 259 g/mol. The van der Waals surface area contributed by atoms with E-state index in [1.54, 1.807) is 13.0 Å². The molecule has 0 saturated carbocycles. The highest BCUT2D eigenvalue weighted by Gasteiger charge is 2.31. The number of halogens is 3. The van der Waals surface area contributed by atoms with Crippen LogP contribution < -0.4 is 10.5 Å². The molecule has 2 N–H and O–H groups in total. The van der Waals surface area contributed by atoms with E-state index in [0.29, 0.717) is 17.9 Å². The lowest BCUT2D eigenvalue weighted by atomic mass is 10.3. The lowest BCUT2D eigenvalue weighted by Gasteiger charge is -2.09. The maximum Gasteiger partial charge on any atom is 0.573 e. The number of benzene rings is 1. The van der Waals surface area contributed by atoms with Gasteiger partial charge in [-0.25, -0.2) is 4.98 Å². The van der Waals surface area contributed by atoms with Crippen LogP contribution in [0.4, 0.5) is 13.2 Å². The third-order valence-electron chi connectivity index (χ3n) is 2.71. The number of hydrogen-bond acceptors (Lipinski definition) is 3. The zero-order chi connectivity index (χ0) is 14.2. The van der Waals surface area contributed by atoms with Gasteiger partial charge in [0.15, 0.2) is 0 Å². The molecule has 0 radical (unpaired) electrons. The molecule has 19 heavy (non-hydrogen) atoms. The first kappa shape index (κ1) is 13.7. The predicted octanol–water partition coefficient (Wildman–Crippen LogP) is 2.97. The first-order valence-corrected chi connectivity index (χ1v) is 5.83. The number of aryl methyl sites for hydroxylation is 1. The minimum atomic E-state index is -4.70. The second-order valence-corrected chi connectivity index (χ2v) is 4.20. The number of hydrogen-bond donors (Lipinski definition) is 1. The summed E-state index contributed by atoms with van der Waals surface area (Å²) < 4.78 is 42.2. The van der Waals surface area contributed by atoms with E-state index in [4.69, 9.17) is 5.73 Å². The molecule has 0 bridgehead atoms. The molecule has 1 aromatic heterocycles. The first-order chi connectivity index (χ1) is 8.81. The fraction of sp³-hybridized carbons (Fsp3) is 0.417. The van der Waals surface area contributed by atoms with Crippen molar-refractivity contribution in [3.05, 3.63) is 24.0 Å². The summed E-state index contributed by atoms with van der Waals surface area (Å²) >= 11 is 0. The van der Waals surface area contributed by atoms with Crippen LogP contribution in [0.5, 0.6) is 5.75 Å². The Kier molecular flexibility index (Phi) is 3.40. The van der Waals surface area contributed by atoms with Crippen molar-refractivity contribution in [1.82, 2.24) is 9.55 Å². The monoisotopic (exact) mass is 273 g/mol. The van der Waals surface area contributed by atoms with Crippen molar-refractivity contribution < 1.29 is 17.9 Å². The summed E-state index contributed by atoms with van der Waals surface area (Å²) in [5, 5.41) is 0. The van der Waals surface area contributed by atoms with Crippen molar-refractivity contribution in [1.29, 1.82) is 0 Å². The molecule has 0 aliphatic carbocycles. The maximum absolute atomic E-state index is 12.2. The Balaban J connectivity index is 2.49. The fourth-order valence-electron chi connectivity index (χ4n) is 2.01. The van der Waals surface area contributed by atoms with Gasteiger partial charge in [0.2, 0.25) is 0 Å². The summed E-state index contributed by atoms with van der Waals surface area (Å²) in [4.78, 5) is 4.26. The van der Waals surface area contributed by atoms with Crippen LogP contribution in [0.25, 0.3) is 11.0 Å². The van der Waals surface area contributed by atoms with Gasteiger partial charge in [-0.15, -0.1) is 13.2 Å². The number of nitrogens with zero attached hydrogens (tertiary/aromatic N) is 2. The second-order valence-electron chi connectivity index (χ2n) is 4.20. The molecule has 0 amide bonds. The van der Waals surface area contributed by atoms with Crippen LogP contribution in [0.2, 0.25) is 0 Å². The van der Waals surface area contributed by atoms with Crippen molar-refractivity contribution in [3.63, 3.8) is 0 Å². The summed E-state index contributed by atoms with van der Waals surface area (Å²) in [7, 11) is 0. The largest absolute Gasteiger partial charge is 0.573 e. The van der Waals surface area contributed by atoms with E-state index >= 15 is 0 Å². The van der Waals surface area contributed by atoms with Gasteiger partial charge < -0.3 is 15.0 Å². The Hall–Kier alpha value is -1.76. The third-order valence-corrected chi connectivity index (χ3v) is 2.71. The number of imidazole rings is 1. The zero-order valence-corrected chi connectivity index (χ0v) is 10.5. The first-order valence-electron chi connectivity index (χ1n) is 5.83. The van der Waals surface area contributed by atoms with Crippen LogP contribution in [0.3, 0.4) is 0 Å². The van der Waals surface area contributed by atoms with Gasteiger partial charge in [-0.2, -0.15) is 0 Å². The smallest absolute Gasteiger partial charge is 0.406 e. The molecule has 0 unspecified atom stereocenters. The molecular formula is C12H14F3N3O. The SMILES string of the molecule is CCn1c([C@@H](C)N)nc2cc(OC(F)(F)F)ccc21. The summed E-state index contributed by atoms with van der Waals surface area (Å²) in [5.41, 5.74) is 6.98. The van der Waals surface area contributed by atoms with E-state index in [1.807, 2.05) is 11.5 Å². The van der Waals surface area contributed by atoms with Crippen molar-refractivity contribution in [2.24, 2.45) is 5.73 Å². The Labute approximate surface area is 108 Å². The number of rotatable bonds is 3. The Morgan fingerprint density at radius 1 is 1.42 bits per heavy atom. The van der Waals surface area contributed by atoms with Crippen LogP contribution in [0, 0.1) is 0 Å². The molecule has 1 aromatic carbocycles. The van der Waals surface area contributed by atoms with Gasteiger partial charge in [-0.3, -0.25) is 0 Å². The minimum absolute atomic E-state index is 0.281. The molecule has 104 valence electrons. The normalized spacial score (nSPS) is 13.8. The molecule has 0 aliphatic heterocycles. The Morgan fingerprint density at radius 2 is 2.11 bits per heavy atom. The zero-order valence-electron chi connectivity index (χ0n) is 10.5. The van der Waals surface area contributed by atoms with Crippen LogP contribution >= 0.6 is 0 Å². The lowest BCUT2D eigenvalue weighted by Crippen LogP contribution is -2.17. The number of ether oxygens (including phenoxy) is 1. The third kappa shape index (κ3) is 2.81. The molecule has 1 atom stereocenters. The van der Waals surface area contributed by atoms with Gasteiger partial charge in [0, 0.05) is 12.6 Å². The van der Waals surface area contributed by atoms with E-state index in [0.717, 1.165) is 5.52 Å². The molecule has 2 aromatic rings. The van der Waals surface area contributed by atoms with Crippen molar-refractivity contribution in [2.75, 3.05) is 0 Å². The maximum atomic E-state index is 12.2. The van der Waals surface area contributed by atoms with Crippen molar-refractivity contribution in [2.45, 2.75) is 32.8 Å². The van der Waals surface area contributed by atoms with Crippen LogP contribution in [0.15, 0.2) is 18.2 Å².